The van der Waals surface area contributed by atoms with Crippen LogP contribution in [-0.4, -0.2) is 28.2 Å². The first-order chi connectivity index (χ1) is 14.1. The van der Waals surface area contributed by atoms with Crippen molar-refractivity contribution in [3.8, 4) is 5.75 Å². The van der Waals surface area contributed by atoms with E-state index in [0.29, 0.717) is 25.6 Å². The summed E-state index contributed by atoms with van der Waals surface area (Å²) in [7, 11) is -3.73. The minimum atomic E-state index is -3.73. The monoisotopic (exact) mass is 411 g/mol. The summed E-state index contributed by atoms with van der Waals surface area (Å²) in [5, 5.41) is 0. The van der Waals surface area contributed by atoms with Gasteiger partial charge in [0.2, 0.25) is 10.0 Å². The molecule has 1 N–H and O–H groups in total. The second-order valence-electron chi connectivity index (χ2n) is 6.39. The zero-order chi connectivity index (χ0) is 20.5. The molecule has 0 aliphatic carbocycles. The topological polar surface area (TPSA) is 64.6 Å². The first-order valence-corrected chi connectivity index (χ1v) is 11.0. The molecule has 29 heavy (non-hydrogen) atoms. The normalized spacial score (nSPS) is 11.5. The highest BCUT2D eigenvalue weighted by atomic mass is 32.2. The van der Waals surface area contributed by atoms with Crippen LogP contribution < -0.4 is 9.46 Å². The minimum Gasteiger partial charge on any atom is -0.491 e. The fourth-order valence-corrected chi connectivity index (χ4v) is 4.13. The van der Waals surface area contributed by atoms with E-state index in [2.05, 4.69) is 4.72 Å². The van der Waals surface area contributed by atoms with Crippen molar-refractivity contribution in [1.29, 1.82) is 0 Å². The Bertz CT molecular complexity index is 935. The smallest absolute Gasteiger partial charge is 0.241 e. The number of ether oxygens (including phenoxy) is 2. The maximum atomic E-state index is 13.0. The van der Waals surface area contributed by atoms with Gasteiger partial charge in [-0.05, 0) is 42.3 Å². The van der Waals surface area contributed by atoms with Crippen molar-refractivity contribution in [1.82, 2.24) is 4.72 Å². The third-order valence-corrected chi connectivity index (χ3v) is 5.81. The average molecular weight is 412 g/mol. The van der Waals surface area contributed by atoms with Gasteiger partial charge in [-0.15, -0.1) is 0 Å². The zero-order valence-corrected chi connectivity index (χ0v) is 17.1. The predicted octanol–water partition coefficient (Wildman–Crippen LogP) is 4.17. The van der Waals surface area contributed by atoms with Crippen molar-refractivity contribution < 1.29 is 17.9 Å². The molecular formula is C23H25NO4S. The van der Waals surface area contributed by atoms with E-state index >= 15 is 0 Å². The minimum absolute atomic E-state index is 0.187. The molecule has 0 heterocycles. The van der Waals surface area contributed by atoms with Crippen LogP contribution in [0, 0.1) is 0 Å². The molecule has 3 aromatic carbocycles. The third-order valence-electron chi connectivity index (χ3n) is 4.37. The standard InChI is InChI=1S/C23H25NO4S/c1-2-27-17-18-28-21-13-15-22(16-14-21)29(25,26)24-23(19-9-5-3-6-10-19)20-11-7-4-8-12-20/h3-16,23-24H,2,17-18H2,1H3. The number of hydrogen-bond acceptors (Lipinski definition) is 4. The summed E-state index contributed by atoms with van der Waals surface area (Å²) in [6, 6.07) is 25.0. The van der Waals surface area contributed by atoms with Gasteiger partial charge in [0.15, 0.2) is 0 Å². The van der Waals surface area contributed by atoms with Crippen LogP contribution in [0.4, 0.5) is 0 Å². The molecule has 6 heteroatoms. The molecule has 3 aromatic rings. The Hall–Kier alpha value is -2.67. The van der Waals surface area contributed by atoms with Gasteiger partial charge < -0.3 is 9.47 Å². The number of benzene rings is 3. The van der Waals surface area contributed by atoms with Crippen LogP contribution in [-0.2, 0) is 14.8 Å². The Morgan fingerprint density at radius 1 is 0.793 bits per heavy atom. The van der Waals surface area contributed by atoms with E-state index in [1.807, 2.05) is 67.6 Å². The van der Waals surface area contributed by atoms with Crippen molar-refractivity contribution in [2.75, 3.05) is 19.8 Å². The van der Waals surface area contributed by atoms with Gasteiger partial charge in [-0.25, -0.2) is 8.42 Å². The number of nitrogens with one attached hydrogen (secondary N) is 1. The Morgan fingerprint density at radius 3 is 1.86 bits per heavy atom. The third kappa shape index (κ3) is 5.90. The SMILES string of the molecule is CCOCCOc1ccc(S(=O)(=O)NC(c2ccccc2)c2ccccc2)cc1. The molecule has 152 valence electrons. The summed E-state index contributed by atoms with van der Waals surface area (Å²) in [6.45, 7) is 3.47. The van der Waals surface area contributed by atoms with Gasteiger partial charge in [-0.2, -0.15) is 4.72 Å². The van der Waals surface area contributed by atoms with E-state index in [9.17, 15) is 8.42 Å². The molecule has 0 bridgehead atoms. The van der Waals surface area contributed by atoms with Crippen LogP contribution in [0.1, 0.15) is 24.1 Å². The van der Waals surface area contributed by atoms with E-state index in [1.165, 1.54) is 0 Å². The van der Waals surface area contributed by atoms with Crippen molar-refractivity contribution in [3.05, 3.63) is 96.1 Å². The van der Waals surface area contributed by atoms with E-state index < -0.39 is 16.1 Å². The van der Waals surface area contributed by atoms with Crippen LogP contribution in [0.2, 0.25) is 0 Å². The molecule has 0 saturated carbocycles. The lowest BCUT2D eigenvalue weighted by Crippen LogP contribution is -2.29. The quantitative estimate of drug-likeness (QED) is 0.509. The Balaban J connectivity index is 1.78. The van der Waals surface area contributed by atoms with Crippen molar-refractivity contribution in [2.24, 2.45) is 0 Å². The number of rotatable bonds is 10. The molecule has 5 nitrogen and oxygen atoms in total. The van der Waals surface area contributed by atoms with Gasteiger partial charge in [0.25, 0.3) is 0 Å². The van der Waals surface area contributed by atoms with E-state index in [-0.39, 0.29) is 4.90 Å². The molecule has 0 amide bonds. The highest BCUT2D eigenvalue weighted by molar-refractivity contribution is 7.89. The molecule has 3 rings (SSSR count). The van der Waals surface area contributed by atoms with Gasteiger partial charge in [0.1, 0.15) is 12.4 Å². The number of sulfonamides is 1. The summed E-state index contributed by atoms with van der Waals surface area (Å²) in [5.41, 5.74) is 1.75. The van der Waals surface area contributed by atoms with Gasteiger partial charge in [0.05, 0.1) is 17.5 Å². The van der Waals surface area contributed by atoms with Crippen LogP contribution in [0.15, 0.2) is 89.8 Å². The van der Waals surface area contributed by atoms with E-state index in [0.717, 1.165) is 11.1 Å². The van der Waals surface area contributed by atoms with Gasteiger partial charge in [0, 0.05) is 6.61 Å². The fraction of sp³-hybridized carbons (Fsp3) is 0.217. The second-order valence-corrected chi connectivity index (χ2v) is 8.11. The molecule has 0 atom stereocenters. The Morgan fingerprint density at radius 2 is 1.34 bits per heavy atom. The molecule has 0 aliphatic heterocycles. The Labute approximate surface area is 172 Å². The summed E-state index contributed by atoms with van der Waals surface area (Å²) in [4.78, 5) is 0.187. The van der Waals surface area contributed by atoms with Gasteiger partial charge in [-0.3, -0.25) is 0 Å². The average Bonchev–Trinajstić information content (AvgIpc) is 2.77. The van der Waals surface area contributed by atoms with Crippen molar-refractivity contribution in [2.45, 2.75) is 17.9 Å². The first kappa shape index (κ1) is 21.0. The van der Waals surface area contributed by atoms with Crippen LogP contribution in [0.25, 0.3) is 0 Å². The maximum absolute atomic E-state index is 13.0. The molecular weight excluding hydrogens is 386 g/mol. The highest BCUT2D eigenvalue weighted by Gasteiger charge is 2.22. The second kappa shape index (κ2) is 10.2. The van der Waals surface area contributed by atoms with Crippen molar-refractivity contribution >= 4 is 10.0 Å². The van der Waals surface area contributed by atoms with Gasteiger partial charge in [-0.1, -0.05) is 60.7 Å². The zero-order valence-electron chi connectivity index (χ0n) is 16.3. The lowest BCUT2D eigenvalue weighted by Gasteiger charge is -2.20. The predicted molar refractivity (Wildman–Crippen MR) is 113 cm³/mol. The molecule has 0 aliphatic rings. The summed E-state index contributed by atoms with van der Waals surface area (Å²) in [5.74, 6) is 0.603. The van der Waals surface area contributed by atoms with Gasteiger partial charge >= 0.3 is 0 Å². The lowest BCUT2D eigenvalue weighted by atomic mass is 10.00. The highest BCUT2D eigenvalue weighted by Crippen LogP contribution is 2.25. The molecule has 0 unspecified atom stereocenters. The van der Waals surface area contributed by atoms with E-state index in [1.54, 1.807) is 24.3 Å². The van der Waals surface area contributed by atoms with E-state index in [4.69, 9.17) is 9.47 Å². The summed E-state index contributed by atoms with van der Waals surface area (Å²) in [6.07, 6.45) is 0. The van der Waals surface area contributed by atoms with Crippen LogP contribution in [0.5, 0.6) is 5.75 Å². The maximum Gasteiger partial charge on any atom is 0.241 e. The molecule has 0 saturated heterocycles. The van der Waals surface area contributed by atoms with Crippen LogP contribution >= 0.6 is 0 Å². The number of hydrogen-bond donors (Lipinski definition) is 1. The fourth-order valence-electron chi connectivity index (χ4n) is 2.92. The van der Waals surface area contributed by atoms with Crippen LogP contribution in [0.3, 0.4) is 0 Å². The first-order valence-electron chi connectivity index (χ1n) is 9.53. The largest absolute Gasteiger partial charge is 0.491 e. The lowest BCUT2D eigenvalue weighted by molar-refractivity contribution is 0.110. The molecule has 0 fully saturated rings. The Kier molecular flexibility index (Phi) is 7.41. The van der Waals surface area contributed by atoms with Crippen molar-refractivity contribution in [3.63, 3.8) is 0 Å². The summed E-state index contributed by atoms with van der Waals surface area (Å²) < 4.78 is 39.7. The molecule has 0 spiro atoms. The molecule has 0 aromatic heterocycles. The molecule has 0 radical (unpaired) electrons. The summed E-state index contributed by atoms with van der Waals surface area (Å²) >= 11 is 0.